The lowest BCUT2D eigenvalue weighted by molar-refractivity contribution is 0.0988. The van der Waals surface area contributed by atoms with E-state index in [4.69, 9.17) is 5.26 Å². The van der Waals surface area contributed by atoms with Crippen LogP contribution in [0.15, 0.2) is 60.7 Å². The highest BCUT2D eigenvalue weighted by atomic mass is 16.2. The maximum atomic E-state index is 12.8. The topological polar surface area (TPSA) is 81.9 Å². The van der Waals surface area contributed by atoms with E-state index in [1.807, 2.05) is 37.3 Å². The lowest BCUT2D eigenvalue weighted by Gasteiger charge is -2.17. The molecule has 0 saturated heterocycles. The van der Waals surface area contributed by atoms with Crippen molar-refractivity contribution in [2.24, 2.45) is 0 Å². The van der Waals surface area contributed by atoms with Crippen LogP contribution in [0.1, 0.15) is 21.7 Å². The first kappa shape index (κ1) is 17.1. The lowest BCUT2D eigenvalue weighted by Crippen LogP contribution is -2.27. The number of nitrogens with zero attached hydrogens (tertiary/aromatic N) is 4. The Morgan fingerprint density at radius 1 is 1.08 bits per heavy atom. The fourth-order valence-electron chi connectivity index (χ4n) is 2.43. The molecule has 2 aromatic carbocycles. The molecule has 0 aliphatic rings. The van der Waals surface area contributed by atoms with E-state index in [0.29, 0.717) is 22.9 Å². The number of rotatable bonds is 4. The van der Waals surface area contributed by atoms with Crippen LogP contribution < -0.4 is 10.2 Å². The molecule has 6 nitrogen and oxygen atoms in total. The fraction of sp³-hybridized carbons (Fsp3) is 0.100. The Kier molecular flexibility index (Phi) is 4.90. The number of anilines is 3. The Hall–Kier alpha value is -3.72. The minimum absolute atomic E-state index is 0.218. The van der Waals surface area contributed by atoms with Crippen molar-refractivity contribution in [3.63, 3.8) is 0 Å². The van der Waals surface area contributed by atoms with Gasteiger partial charge in [-0.15, -0.1) is 0 Å². The number of para-hydroxylation sites is 1. The summed E-state index contributed by atoms with van der Waals surface area (Å²) in [6.45, 7) is 1.81. The van der Waals surface area contributed by atoms with Crippen LogP contribution in [0.3, 0.4) is 0 Å². The number of aryl methyl sites for hydroxylation is 1. The third-order valence-electron chi connectivity index (χ3n) is 3.79. The summed E-state index contributed by atoms with van der Waals surface area (Å²) in [7, 11) is 1.71. The molecular weight excluding hydrogens is 326 g/mol. The van der Waals surface area contributed by atoms with Crippen LogP contribution in [-0.2, 0) is 0 Å². The van der Waals surface area contributed by atoms with Gasteiger partial charge in [-0.1, -0.05) is 18.2 Å². The van der Waals surface area contributed by atoms with E-state index in [9.17, 15) is 4.79 Å². The van der Waals surface area contributed by atoms with Crippen molar-refractivity contribution in [3.05, 3.63) is 77.6 Å². The van der Waals surface area contributed by atoms with Gasteiger partial charge in [0.05, 0.1) is 11.6 Å². The van der Waals surface area contributed by atoms with Gasteiger partial charge < -0.3 is 10.2 Å². The predicted octanol–water partition coefficient (Wildman–Crippen LogP) is 3.68. The van der Waals surface area contributed by atoms with E-state index in [0.717, 1.165) is 11.4 Å². The summed E-state index contributed by atoms with van der Waals surface area (Å²) in [5.74, 6) is 0.115. The summed E-state index contributed by atoms with van der Waals surface area (Å²) in [4.78, 5) is 23.0. The average molecular weight is 343 g/mol. The zero-order chi connectivity index (χ0) is 18.5. The third-order valence-corrected chi connectivity index (χ3v) is 3.79. The fourth-order valence-corrected chi connectivity index (χ4v) is 2.43. The van der Waals surface area contributed by atoms with Crippen molar-refractivity contribution >= 4 is 23.2 Å². The van der Waals surface area contributed by atoms with E-state index in [1.54, 1.807) is 42.3 Å². The van der Waals surface area contributed by atoms with Crippen LogP contribution >= 0.6 is 0 Å². The second-order valence-electron chi connectivity index (χ2n) is 5.73. The molecular formula is C20H17N5O. The third kappa shape index (κ3) is 3.84. The largest absolute Gasteiger partial charge is 0.324 e. The molecule has 0 unspecified atom stereocenters. The van der Waals surface area contributed by atoms with Gasteiger partial charge in [-0.3, -0.25) is 4.79 Å². The maximum absolute atomic E-state index is 12.8. The van der Waals surface area contributed by atoms with E-state index >= 15 is 0 Å². The first-order valence-electron chi connectivity index (χ1n) is 8.03. The van der Waals surface area contributed by atoms with E-state index < -0.39 is 0 Å². The Labute approximate surface area is 151 Å². The molecule has 1 heterocycles. The Morgan fingerprint density at radius 3 is 2.42 bits per heavy atom. The SMILES string of the molecule is Cc1cc(C(=O)N(C)c2ccccc2)nc(Nc2ccc(C#N)cc2)n1. The number of carbonyl (C=O) groups is 1. The molecule has 0 fully saturated rings. The number of nitrogens with one attached hydrogen (secondary N) is 1. The Balaban J connectivity index is 1.85. The van der Waals surface area contributed by atoms with Crippen LogP contribution in [0.5, 0.6) is 0 Å². The molecule has 0 atom stereocenters. The molecule has 1 N–H and O–H groups in total. The minimum Gasteiger partial charge on any atom is -0.324 e. The van der Waals surface area contributed by atoms with E-state index in [2.05, 4.69) is 21.4 Å². The van der Waals surface area contributed by atoms with Gasteiger partial charge in [0.15, 0.2) is 0 Å². The molecule has 0 bridgehead atoms. The minimum atomic E-state index is -0.218. The van der Waals surface area contributed by atoms with Crippen molar-refractivity contribution in [3.8, 4) is 6.07 Å². The first-order valence-corrected chi connectivity index (χ1v) is 8.03. The van der Waals surface area contributed by atoms with Gasteiger partial charge in [-0.2, -0.15) is 5.26 Å². The number of amides is 1. The molecule has 128 valence electrons. The smallest absolute Gasteiger partial charge is 0.276 e. The highest BCUT2D eigenvalue weighted by Crippen LogP contribution is 2.17. The second kappa shape index (κ2) is 7.45. The van der Waals surface area contributed by atoms with Crippen molar-refractivity contribution in [2.75, 3.05) is 17.3 Å². The van der Waals surface area contributed by atoms with Crippen LogP contribution in [0.4, 0.5) is 17.3 Å². The van der Waals surface area contributed by atoms with Crippen LogP contribution in [0.2, 0.25) is 0 Å². The quantitative estimate of drug-likeness (QED) is 0.781. The van der Waals surface area contributed by atoms with Gasteiger partial charge in [0.1, 0.15) is 5.69 Å². The highest BCUT2D eigenvalue weighted by molar-refractivity contribution is 6.04. The molecule has 3 rings (SSSR count). The number of hydrogen-bond donors (Lipinski definition) is 1. The molecule has 26 heavy (non-hydrogen) atoms. The molecule has 0 aliphatic carbocycles. The molecule has 0 aliphatic heterocycles. The van der Waals surface area contributed by atoms with Crippen LogP contribution in [-0.4, -0.2) is 22.9 Å². The molecule has 0 saturated carbocycles. The highest BCUT2D eigenvalue weighted by Gasteiger charge is 2.16. The second-order valence-corrected chi connectivity index (χ2v) is 5.73. The molecule has 0 spiro atoms. The summed E-state index contributed by atoms with van der Waals surface area (Å²) in [6, 6.07) is 20.0. The van der Waals surface area contributed by atoms with Crippen molar-refractivity contribution in [1.29, 1.82) is 5.26 Å². The summed E-state index contributed by atoms with van der Waals surface area (Å²) in [6.07, 6.45) is 0. The van der Waals surface area contributed by atoms with Crippen LogP contribution in [0.25, 0.3) is 0 Å². The summed E-state index contributed by atoms with van der Waals surface area (Å²) < 4.78 is 0. The zero-order valence-corrected chi connectivity index (χ0v) is 14.5. The van der Waals surface area contributed by atoms with Gasteiger partial charge in [-0.25, -0.2) is 9.97 Å². The number of benzene rings is 2. The monoisotopic (exact) mass is 343 g/mol. The maximum Gasteiger partial charge on any atom is 0.276 e. The van der Waals surface area contributed by atoms with E-state index in [1.165, 1.54) is 0 Å². The lowest BCUT2D eigenvalue weighted by atomic mass is 10.2. The molecule has 6 heteroatoms. The number of hydrogen-bond acceptors (Lipinski definition) is 5. The van der Waals surface area contributed by atoms with Crippen molar-refractivity contribution in [2.45, 2.75) is 6.92 Å². The Bertz CT molecular complexity index is 962. The summed E-state index contributed by atoms with van der Waals surface area (Å²) in [5.41, 5.74) is 3.08. The number of nitriles is 1. The number of aromatic nitrogens is 2. The molecule has 1 aromatic heterocycles. The van der Waals surface area contributed by atoms with Crippen LogP contribution in [0, 0.1) is 18.3 Å². The summed E-state index contributed by atoms with van der Waals surface area (Å²) >= 11 is 0. The van der Waals surface area contributed by atoms with Crippen molar-refractivity contribution < 1.29 is 4.79 Å². The van der Waals surface area contributed by atoms with Gasteiger partial charge >= 0.3 is 0 Å². The van der Waals surface area contributed by atoms with Gasteiger partial charge in [0, 0.05) is 24.1 Å². The van der Waals surface area contributed by atoms with Gasteiger partial charge in [0.2, 0.25) is 5.95 Å². The molecule has 0 radical (unpaired) electrons. The number of carbonyl (C=O) groups excluding carboxylic acids is 1. The molecule has 1 amide bonds. The first-order chi connectivity index (χ1) is 12.6. The Morgan fingerprint density at radius 2 is 1.77 bits per heavy atom. The standard InChI is InChI=1S/C20H17N5O/c1-14-12-18(19(26)25(2)17-6-4-3-5-7-17)24-20(22-14)23-16-10-8-15(13-21)9-11-16/h3-12H,1-2H3,(H,22,23,24). The normalized spacial score (nSPS) is 10.0. The zero-order valence-electron chi connectivity index (χ0n) is 14.5. The molecule has 3 aromatic rings. The van der Waals surface area contributed by atoms with Crippen molar-refractivity contribution in [1.82, 2.24) is 9.97 Å². The van der Waals surface area contributed by atoms with Gasteiger partial charge in [0.25, 0.3) is 5.91 Å². The average Bonchev–Trinajstić information content (AvgIpc) is 2.67. The van der Waals surface area contributed by atoms with E-state index in [-0.39, 0.29) is 5.91 Å². The van der Waals surface area contributed by atoms with Gasteiger partial charge in [-0.05, 0) is 49.4 Å². The summed E-state index contributed by atoms with van der Waals surface area (Å²) in [5, 5.41) is 11.9. The predicted molar refractivity (Wildman–Crippen MR) is 100 cm³/mol.